The SMILES string of the molecule is O=C(CCc1ccc(Cl)cc1Cl)NC1CCCC1CO. The zero-order valence-corrected chi connectivity index (χ0v) is 12.8. The molecule has 1 aliphatic carbocycles. The molecule has 1 aromatic carbocycles. The summed E-state index contributed by atoms with van der Waals surface area (Å²) in [6.45, 7) is 0.147. The van der Waals surface area contributed by atoms with Crippen molar-refractivity contribution in [3.63, 3.8) is 0 Å². The Labute approximate surface area is 129 Å². The number of aryl methyl sites for hydroxylation is 1. The van der Waals surface area contributed by atoms with Crippen molar-refractivity contribution in [1.82, 2.24) is 5.32 Å². The Balaban J connectivity index is 1.83. The number of rotatable bonds is 5. The van der Waals surface area contributed by atoms with Crippen molar-refractivity contribution in [3.05, 3.63) is 33.8 Å². The van der Waals surface area contributed by atoms with Crippen LogP contribution >= 0.6 is 23.2 Å². The highest BCUT2D eigenvalue weighted by atomic mass is 35.5. The molecule has 0 saturated heterocycles. The molecule has 3 nitrogen and oxygen atoms in total. The molecular weight excluding hydrogens is 297 g/mol. The third-order valence-corrected chi connectivity index (χ3v) is 4.46. The minimum Gasteiger partial charge on any atom is -0.396 e. The molecule has 110 valence electrons. The highest BCUT2D eigenvalue weighted by Crippen LogP contribution is 2.25. The molecule has 1 fully saturated rings. The first-order valence-electron chi connectivity index (χ1n) is 6.94. The Morgan fingerprint density at radius 3 is 2.85 bits per heavy atom. The number of hydrogen-bond donors (Lipinski definition) is 2. The lowest BCUT2D eigenvalue weighted by Gasteiger charge is -2.19. The zero-order chi connectivity index (χ0) is 14.5. The van der Waals surface area contributed by atoms with E-state index in [2.05, 4.69) is 5.32 Å². The molecule has 0 spiro atoms. The van der Waals surface area contributed by atoms with Crippen molar-refractivity contribution in [2.45, 2.75) is 38.1 Å². The highest BCUT2D eigenvalue weighted by Gasteiger charge is 2.27. The van der Waals surface area contributed by atoms with Crippen LogP contribution in [0.4, 0.5) is 0 Å². The molecule has 1 aliphatic rings. The molecule has 20 heavy (non-hydrogen) atoms. The molecule has 0 aliphatic heterocycles. The average Bonchev–Trinajstić information content (AvgIpc) is 2.85. The van der Waals surface area contributed by atoms with Crippen molar-refractivity contribution < 1.29 is 9.90 Å². The summed E-state index contributed by atoms with van der Waals surface area (Å²) in [6, 6.07) is 5.44. The van der Waals surface area contributed by atoms with Gasteiger partial charge in [-0.15, -0.1) is 0 Å². The van der Waals surface area contributed by atoms with Gasteiger partial charge in [-0.2, -0.15) is 0 Å². The number of amides is 1. The van der Waals surface area contributed by atoms with Crippen LogP contribution in [0.5, 0.6) is 0 Å². The molecule has 1 amide bonds. The van der Waals surface area contributed by atoms with Crippen LogP contribution < -0.4 is 5.32 Å². The minimum atomic E-state index is 0.0152. The van der Waals surface area contributed by atoms with Gasteiger partial charge in [-0.05, 0) is 37.0 Å². The largest absolute Gasteiger partial charge is 0.396 e. The Hall–Kier alpha value is -0.770. The molecule has 0 bridgehead atoms. The molecule has 2 atom stereocenters. The standard InChI is InChI=1S/C15H19Cl2NO2/c16-12-6-4-10(13(17)8-12)5-7-15(20)18-14-3-1-2-11(14)9-19/h4,6,8,11,14,19H,1-3,5,7,9H2,(H,18,20). The predicted octanol–water partition coefficient (Wildman–Crippen LogP) is 3.20. The van der Waals surface area contributed by atoms with Gasteiger partial charge in [0.25, 0.3) is 0 Å². The summed E-state index contributed by atoms with van der Waals surface area (Å²) in [7, 11) is 0. The maximum Gasteiger partial charge on any atom is 0.220 e. The van der Waals surface area contributed by atoms with Gasteiger partial charge in [-0.3, -0.25) is 4.79 Å². The fourth-order valence-electron chi connectivity index (χ4n) is 2.70. The second-order valence-electron chi connectivity index (χ2n) is 5.28. The third kappa shape index (κ3) is 4.11. The summed E-state index contributed by atoms with van der Waals surface area (Å²) < 4.78 is 0. The lowest BCUT2D eigenvalue weighted by molar-refractivity contribution is -0.122. The lowest BCUT2D eigenvalue weighted by Crippen LogP contribution is -2.38. The topological polar surface area (TPSA) is 49.3 Å². The Kier molecular flexibility index (Phi) is 5.70. The van der Waals surface area contributed by atoms with E-state index in [-0.39, 0.29) is 24.5 Å². The fraction of sp³-hybridized carbons (Fsp3) is 0.533. The summed E-state index contributed by atoms with van der Waals surface area (Å²) in [5.74, 6) is 0.222. The molecule has 0 radical (unpaired) electrons. The van der Waals surface area contributed by atoms with Crippen LogP contribution in [0.15, 0.2) is 18.2 Å². The lowest BCUT2D eigenvalue weighted by atomic mass is 10.0. The van der Waals surface area contributed by atoms with Crippen LogP contribution in [0.25, 0.3) is 0 Å². The van der Waals surface area contributed by atoms with Gasteiger partial charge in [0.15, 0.2) is 0 Å². The van der Waals surface area contributed by atoms with Gasteiger partial charge >= 0.3 is 0 Å². The van der Waals surface area contributed by atoms with Gasteiger partial charge in [0, 0.05) is 35.0 Å². The summed E-state index contributed by atoms with van der Waals surface area (Å²) in [5, 5.41) is 13.4. The van der Waals surface area contributed by atoms with Gasteiger partial charge in [-0.1, -0.05) is 35.7 Å². The molecular formula is C15H19Cl2NO2. The molecule has 1 saturated carbocycles. The van der Waals surface area contributed by atoms with Gasteiger partial charge in [-0.25, -0.2) is 0 Å². The molecule has 2 unspecified atom stereocenters. The molecule has 1 aromatic rings. The van der Waals surface area contributed by atoms with Gasteiger partial charge in [0.2, 0.25) is 5.91 Å². The van der Waals surface area contributed by atoms with Crippen molar-refractivity contribution >= 4 is 29.1 Å². The predicted molar refractivity (Wildman–Crippen MR) is 81.1 cm³/mol. The van der Waals surface area contributed by atoms with E-state index < -0.39 is 0 Å². The van der Waals surface area contributed by atoms with E-state index in [9.17, 15) is 9.90 Å². The minimum absolute atomic E-state index is 0.0152. The number of nitrogens with one attached hydrogen (secondary N) is 1. The van der Waals surface area contributed by atoms with Crippen LogP contribution in [0.1, 0.15) is 31.2 Å². The van der Waals surface area contributed by atoms with Crippen molar-refractivity contribution in [2.75, 3.05) is 6.61 Å². The van der Waals surface area contributed by atoms with Crippen LogP contribution in [-0.2, 0) is 11.2 Å². The molecule has 0 heterocycles. The monoisotopic (exact) mass is 315 g/mol. The quantitative estimate of drug-likeness (QED) is 0.876. The van der Waals surface area contributed by atoms with E-state index in [0.29, 0.717) is 22.9 Å². The van der Waals surface area contributed by atoms with E-state index >= 15 is 0 Å². The normalized spacial score (nSPS) is 21.9. The first-order valence-corrected chi connectivity index (χ1v) is 7.70. The van der Waals surface area contributed by atoms with Crippen molar-refractivity contribution in [1.29, 1.82) is 0 Å². The van der Waals surface area contributed by atoms with Crippen molar-refractivity contribution in [2.24, 2.45) is 5.92 Å². The van der Waals surface area contributed by atoms with E-state index in [1.54, 1.807) is 12.1 Å². The van der Waals surface area contributed by atoms with E-state index in [1.165, 1.54) is 0 Å². The van der Waals surface area contributed by atoms with Gasteiger partial charge in [0.1, 0.15) is 0 Å². The van der Waals surface area contributed by atoms with Crippen LogP contribution in [-0.4, -0.2) is 23.7 Å². The highest BCUT2D eigenvalue weighted by molar-refractivity contribution is 6.35. The second-order valence-corrected chi connectivity index (χ2v) is 6.13. The van der Waals surface area contributed by atoms with Crippen LogP contribution in [0, 0.1) is 5.92 Å². The van der Waals surface area contributed by atoms with Gasteiger partial charge < -0.3 is 10.4 Å². The number of halogens is 2. The molecule has 2 N–H and O–H groups in total. The maximum absolute atomic E-state index is 12.0. The van der Waals surface area contributed by atoms with E-state index in [1.807, 2.05) is 6.07 Å². The van der Waals surface area contributed by atoms with E-state index in [4.69, 9.17) is 23.2 Å². The van der Waals surface area contributed by atoms with Crippen LogP contribution in [0.2, 0.25) is 10.0 Å². The summed E-state index contributed by atoms with van der Waals surface area (Å²) in [6.07, 6.45) is 4.01. The summed E-state index contributed by atoms with van der Waals surface area (Å²) in [4.78, 5) is 12.0. The third-order valence-electron chi connectivity index (χ3n) is 3.88. The van der Waals surface area contributed by atoms with Crippen molar-refractivity contribution in [3.8, 4) is 0 Å². The number of carbonyl (C=O) groups is 1. The second kappa shape index (κ2) is 7.30. The number of carbonyl (C=O) groups excluding carboxylic acids is 1. The number of aliphatic hydroxyl groups is 1. The first-order chi connectivity index (χ1) is 9.60. The fourth-order valence-corrected chi connectivity index (χ4v) is 3.20. The Bertz CT molecular complexity index is 479. The molecule has 0 aromatic heterocycles. The smallest absolute Gasteiger partial charge is 0.220 e. The molecule has 2 rings (SSSR count). The molecule has 5 heteroatoms. The Morgan fingerprint density at radius 2 is 2.15 bits per heavy atom. The maximum atomic E-state index is 12.0. The van der Waals surface area contributed by atoms with Gasteiger partial charge in [0.05, 0.1) is 0 Å². The summed E-state index contributed by atoms with van der Waals surface area (Å²) >= 11 is 11.9. The number of benzene rings is 1. The Morgan fingerprint density at radius 1 is 1.35 bits per heavy atom. The number of hydrogen-bond acceptors (Lipinski definition) is 2. The van der Waals surface area contributed by atoms with Crippen LogP contribution in [0.3, 0.4) is 0 Å². The zero-order valence-electron chi connectivity index (χ0n) is 11.2. The average molecular weight is 316 g/mol. The number of aliphatic hydroxyl groups excluding tert-OH is 1. The summed E-state index contributed by atoms with van der Waals surface area (Å²) in [5.41, 5.74) is 0.927. The first kappa shape index (κ1) is 15.6. The van der Waals surface area contributed by atoms with E-state index in [0.717, 1.165) is 24.8 Å².